The number of hydrogen-bond acceptors (Lipinski definition) is 2. The highest BCUT2D eigenvalue weighted by molar-refractivity contribution is 5.39. The summed E-state index contributed by atoms with van der Waals surface area (Å²) in [6.07, 6.45) is 0. The first kappa shape index (κ1) is 15.6. The van der Waals surface area contributed by atoms with Gasteiger partial charge in [-0.2, -0.15) is 0 Å². The van der Waals surface area contributed by atoms with Crippen molar-refractivity contribution >= 4 is 0 Å². The van der Waals surface area contributed by atoms with E-state index in [1.807, 2.05) is 24.3 Å². The molecule has 1 aromatic carbocycles. The second kappa shape index (κ2) is 7.86. The van der Waals surface area contributed by atoms with Crippen LogP contribution in [-0.2, 0) is 0 Å². The number of hydrogen-bond donors (Lipinski definition) is 0. The zero-order chi connectivity index (χ0) is 14.3. The lowest BCUT2D eigenvalue weighted by atomic mass is 10.0. The first-order valence-electron chi connectivity index (χ1n) is 7.02. The maximum absolute atomic E-state index is 5.15. The van der Waals surface area contributed by atoms with Crippen LogP contribution in [0.4, 0.5) is 0 Å². The molecule has 0 aliphatic carbocycles. The standard InChI is InChI=1S/C17H25NO/c1-6-18(7-2)17(14(3)4)13-10-15-8-11-16(19-5)12-9-15/h8-9,11-12,14,17H,6-7H2,1-5H3. The average molecular weight is 259 g/mol. The molecule has 0 bridgehead atoms. The van der Waals surface area contributed by atoms with Gasteiger partial charge in [-0.15, -0.1) is 0 Å². The highest BCUT2D eigenvalue weighted by atomic mass is 16.5. The maximum Gasteiger partial charge on any atom is 0.118 e. The molecule has 0 aliphatic heterocycles. The Morgan fingerprint density at radius 2 is 1.68 bits per heavy atom. The molecular weight excluding hydrogens is 234 g/mol. The minimum Gasteiger partial charge on any atom is -0.497 e. The number of rotatable bonds is 5. The number of methoxy groups -OCH3 is 1. The molecule has 2 heteroatoms. The Labute approximate surface area is 117 Å². The second-order valence-electron chi connectivity index (χ2n) is 4.91. The molecule has 2 nitrogen and oxygen atoms in total. The molecular formula is C17H25NO. The quantitative estimate of drug-likeness (QED) is 0.751. The fourth-order valence-corrected chi connectivity index (χ4v) is 2.13. The van der Waals surface area contributed by atoms with Gasteiger partial charge in [0.15, 0.2) is 0 Å². The Morgan fingerprint density at radius 1 is 1.11 bits per heavy atom. The van der Waals surface area contributed by atoms with E-state index in [2.05, 4.69) is 44.4 Å². The molecule has 0 fully saturated rings. The van der Waals surface area contributed by atoms with E-state index in [1.54, 1.807) is 7.11 Å². The van der Waals surface area contributed by atoms with Crippen LogP contribution in [0.2, 0.25) is 0 Å². The van der Waals surface area contributed by atoms with Crippen LogP contribution in [0.1, 0.15) is 33.3 Å². The van der Waals surface area contributed by atoms with Crippen LogP contribution in [0.25, 0.3) is 0 Å². The van der Waals surface area contributed by atoms with Gasteiger partial charge in [-0.3, -0.25) is 4.90 Å². The van der Waals surface area contributed by atoms with Crippen molar-refractivity contribution in [2.45, 2.75) is 33.7 Å². The van der Waals surface area contributed by atoms with Crippen molar-refractivity contribution in [3.63, 3.8) is 0 Å². The SMILES string of the molecule is CCN(CC)C(C#Cc1ccc(OC)cc1)C(C)C. The van der Waals surface area contributed by atoms with Gasteiger partial charge in [0.05, 0.1) is 13.2 Å². The predicted molar refractivity (Wildman–Crippen MR) is 81.4 cm³/mol. The molecule has 1 unspecified atom stereocenters. The van der Waals surface area contributed by atoms with E-state index in [0.717, 1.165) is 24.4 Å². The smallest absolute Gasteiger partial charge is 0.118 e. The molecule has 0 saturated carbocycles. The molecule has 0 spiro atoms. The van der Waals surface area contributed by atoms with Crippen molar-refractivity contribution in [2.24, 2.45) is 5.92 Å². The number of ether oxygens (including phenoxy) is 1. The third-order valence-corrected chi connectivity index (χ3v) is 3.29. The summed E-state index contributed by atoms with van der Waals surface area (Å²) in [5, 5.41) is 0. The van der Waals surface area contributed by atoms with Gasteiger partial charge in [0.2, 0.25) is 0 Å². The monoisotopic (exact) mass is 259 g/mol. The lowest BCUT2D eigenvalue weighted by Gasteiger charge is -2.28. The van der Waals surface area contributed by atoms with Crippen molar-refractivity contribution in [2.75, 3.05) is 20.2 Å². The van der Waals surface area contributed by atoms with Gasteiger partial charge in [0.25, 0.3) is 0 Å². The first-order chi connectivity index (χ1) is 9.12. The fourth-order valence-electron chi connectivity index (χ4n) is 2.13. The van der Waals surface area contributed by atoms with Crippen LogP contribution >= 0.6 is 0 Å². The molecule has 0 aromatic heterocycles. The Bertz CT molecular complexity index is 421. The van der Waals surface area contributed by atoms with Crippen LogP contribution in [0.3, 0.4) is 0 Å². The van der Waals surface area contributed by atoms with Crippen molar-refractivity contribution in [1.82, 2.24) is 4.90 Å². The molecule has 0 radical (unpaired) electrons. The third-order valence-electron chi connectivity index (χ3n) is 3.29. The summed E-state index contributed by atoms with van der Waals surface area (Å²) in [6.45, 7) is 10.9. The Kier molecular flexibility index (Phi) is 6.45. The molecule has 1 rings (SSSR count). The maximum atomic E-state index is 5.15. The van der Waals surface area contributed by atoms with E-state index >= 15 is 0 Å². The summed E-state index contributed by atoms with van der Waals surface area (Å²) in [4.78, 5) is 2.40. The summed E-state index contributed by atoms with van der Waals surface area (Å²) in [5.41, 5.74) is 1.04. The van der Waals surface area contributed by atoms with Crippen LogP contribution in [-0.4, -0.2) is 31.1 Å². The van der Waals surface area contributed by atoms with E-state index in [0.29, 0.717) is 12.0 Å². The third kappa shape index (κ3) is 4.61. The molecule has 104 valence electrons. The molecule has 19 heavy (non-hydrogen) atoms. The average Bonchev–Trinajstić information content (AvgIpc) is 2.43. The minimum absolute atomic E-state index is 0.317. The fraction of sp³-hybridized carbons (Fsp3) is 0.529. The summed E-state index contributed by atoms with van der Waals surface area (Å²) < 4.78 is 5.15. The summed E-state index contributed by atoms with van der Waals surface area (Å²) in [6, 6.07) is 8.23. The van der Waals surface area contributed by atoms with Gasteiger partial charge in [-0.25, -0.2) is 0 Å². The van der Waals surface area contributed by atoms with E-state index < -0.39 is 0 Å². The largest absolute Gasteiger partial charge is 0.497 e. The Balaban J connectivity index is 2.86. The Hall–Kier alpha value is -1.46. The number of nitrogens with zero attached hydrogens (tertiary/aromatic N) is 1. The molecule has 0 aliphatic rings. The second-order valence-corrected chi connectivity index (χ2v) is 4.91. The molecule has 1 aromatic rings. The Morgan fingerprint density at radius 3 is 2.11 bits per heavy atom. The van der Waals surface area contributed by atoms with Crippen molar-refractivity contribution in [3.8, 4) is 17.6 Å². The predicted octanol–water partition coefficient (Wildman–Crippen LogP) is 3.41. The molecule has 0 N–H and O–H groups in total. The topological polar surface area (TPSA) is 12.5 Å². The highest BCUT2D eigenvalue weighted by Gasteiger charge is 2.16. The van der Waals surface area contributed by atoms with Crippen molar-refractivity contribution in [3.05, 3.63) is 29.8 Å². The number of benzene rings is 1. The van der Waals surface area contributed by atoms with Gasteiger partial charge < -0.3 is 4.74 Å². The summed E-state index contributed by atoms with van der Waals surface area (Å²) >= 11 is 0. The van der Waals surface area contributed by atoms with Gasteiger partial charge in [-0.05, 0) is 43.3 Å². The van der Waals surface area contributed by atoms with Crippen molar-refractivity contribution < 1.29 is 4.74 Å². The van der Waals surface area contributed by atoms with Gasteiger partial charge in [0, 0.05) is 5.56 Å². The van der Waals surface area contributed by atoms with Crippen LogP contribution < -0.4 is 4.74 Å². The van der Waals surface area contributed by atoms with Gasteiger partial charge in [0.1, 0.15) is 5.75 Å². The zero-order valence-corrected chi connectivity index (χ0v) is 12.7. The van der Waals surface area contributed by atoms with Crippen LogP contribution in [0.15, 0.2) is 24.3 Å². The minimum atomic E-state index is 0.317. The van der Waals surface area contributed by atoms with E-state index in [4.69, 9.17) is 4.74 Å². The zero-order valence-electron chi connectivity index (χ0n) is 12.7. The lowest BCUT2D eigenvalue weighted by Crippen LogP contribution is -2.37. The molecule has 0 saturated heterocycles. The van der Waals surface area contributed by atoms with Crippen molar-refractivity contribution in [1.29, 1.82) is 0 Å². The van der Waals surface area contributed by atoms with E-state index in [1.165, 1.54) is 0 Å². The molecule has 0 amide bonds. The van der Waals surface area contributed by atoms with Crippen LogP contribution in [0, 0.1) is 17.8 Å². The van der Waals surface area contributed by atoms with E-state index in [-0.39, 0.29) is 0 Å². The summed E-state index contributed by atoms with van der Waals surface area (Å²) in [7, 11) is 1.68. The van der Waals surface area contributed by atoms with E-state index in [9.17, 15) is 0 Å². The highest BCUT2D eigenvalue weighted by Crippen LogP contribution is 2.12. The van der Waals surface area contributed by atoms with Crippen LogP contribution in [0.5, 0.6) is 5.75 Å². The van der Waals surface area contributed by atoms with Gasteiger partial charge in [-0.1, -0.05) is 39.5 Å². The summed E-state index contributed by atoms with van der Waals surface area (Å²) in [5.74, 6) is 8.09. The van der Waals surface area contributed by atoms with Gasteiger partial charge >= 0.3 is 0 Å². The first-order valence-corrected chi connectivity index (χ1v) is 7.02. The molecule has 0 heterocycles. The molecule has 1 atom stereocenters. The lowest BCUT2D eigenvalue weighted by molar-refractivity contribution is 0.217. The normalized spacial score (nSPS) is 12.2.